The van der Waals surface area contributed by atoms with Crippen LogP contribution in [0.2, 0.25) is 0 Å². The largest absolute Gasteiger partial charge is 0.778 e. The van der Waals surface area contributed by atoms with Gasteiger partial charge in [0.1, 0.15) is 7.60 Å². The molecule has 3 nitrogen and oxygen atoms in total. The van der Waals surface area contributed by atoms with Crippen LogP contribution in [-0.2, 0) is 9.09 Å². The SMILES string of the molecule is CCCCCCCCCCCCCCCCCCOP(=O)([O-])C(C)C. The summed E-state index contributed by atoms with van der Waals surface area (Å²) in [7, 11) is -3.60. The molecule has 0 heterocycles. The smallest absolute Gasteiger partial charge is 0.137 e. The molecule has 1 atom stereocenters. The van der Waals surface area contributed by atoms with Crippen LogP contribution in [0.1, 0.15) is 124 Å². The molecule has 4 heteroatoms. The molecule has 0 rings (SSSR count). The quantitative estimate of drug-likeness (QED) is 0.177. The van der Waals surface area contributed by atoms with Crippen LogP contribution in [0.3, 0.4) is 0 Å². The highest BCUT2D eigenvalue weighted by molar-refractivity contribution is 7.52. The fourth-order valence-corrected chi connectivity index (χ4v) is 3.67. The number of unbranched alkanes of at least 4 members (excludes halogenated alkanes) is 15. The summed E-state index contributed by atoms with van der Waals surface area (Å²) in [6, 6.07) is 0. The van der Waals surface area contributed by atoms with E-state index in [-0.39, 0.29) is 0 Å². The van der Waals surface area contributed by atoms with Gasteiger partial charge in [-0.05, 0) is 6.42 Å². The molecular weight excluding hydrogens is 331 g/mol. The van der Waals surface area contributed by atoms with E-state index in [4.69, 9.17) is 4.52 Å². The van der Waals surface area contributed by atoms with E-state index in [1.807, 2.05) is 0 Å². The maximum absolute atomic E-state index is 11.5. The molecular formula is C21H44O3P-. The number of rotatable bonds is 19. The predicted octanol–water partition coefficient (Wildman–Crippen LogP) is 7.23. The molecule has 0 saturated heterocycles. The lowest BCUT2D eigenvalue weighted by Gasteiger charge is -2.26. The zero-order chi connectivity index (χ0) is 18.8. The Morgan fingerprint density at radius 2 is 1.00 bits per heavy atom. The number of hydrogen-bond acceptors (Lipinski definition) is 3. The third kappa shape index (κ3) is 17.3. The second-order valence-electron chi connectivity index (χ2n) is 7.77. The van der Waals surface area contributed by atoms with Crippen LogP contribution < -0.4 is 4.89 Å². The van der Waals surface area contributed by atoms with Gasteiger partial charge < -0.3 is 14.0 Å². The molecule has 0 fully saturated rings. The predicted molar refractivity (Wildman–Crippen MR) is 108 cm³/mol. The summed E-state index contributed by atoms with van der Waals surface area (Å²) in [5.41, 5.74) is -0.409. The average Bonchev–Trinajstić information content (AvgIpc) is 2.57. The topological polar surface area (TPSA) is 49.4 Å². The minimum Gasteiger partial charge on any atom is -0.778 e. The highest BCUT2D eigenvalue weighted by atomic mass is 31.2. The van der Waals surface area contributed by atoms with Crippen LogP contribution in [0, 0.1) is 0 Å². The normalized spacial score (nSPS) is 14.1. The van der Waals surface area contributed by atoms with Gasteiger partial charge in [0.05, 0.1) is 6.61 Å². The summed E-state index contributed by atoms with van der Waals surface area (Å²) >= 11 is 0. The van der Waals surface area contributed by atoms with Crippen molar-refractivity contribution in [1.29, 1.82) is 0 Å². The van der Waals surface area contributed by atoms with E-state index in [1.165, 1.54) is 89.9 Å². The molecule has 0 aromatic heterocycles. The first-order valence-electron chi connectivity index (χ1n) is 11.0. The molecule has 25 heavy (non-hydrogen) atoms. The molecule has 0 saturated carbocycles. The Labute approximate surface area is 157 Å². The lowest BCUT2D eigenvalue weighted by molar-refractivity contribution is -0.200. The Bertz CT molecular complexity index is 318. The van der Waals surface area contributed by atoms with E-state index in [2.05, 4.69) is 6.92 Å². The van der Waals surface area contributed by atoms with Gasteiger partial charge in [-0.1, -0.05) is 117 Å². The molecule has 0 N–H and O–H groups in total. The van der Waals surface area contributed by atoms with Crippen molar-refractivity contribution in [3.63, 3.8) is 0 Å². The summed E-state index contributed by atoms with van der Waals surface area (Å²) < 4.78 is 16.5. The Morgan fingerprint density at radius 3 is 1.32 bits per heavy atom. The second-order valence-corrected chi connectivity index (χ2v) is 10.1. The van der Waals surface area contributed by atoms with Crippen LogP contribution in [0.4, 0.5) is 0 Å². The lowest BCUT2D eigenvalue weighted by atomic mass is 10.0. The first-order valence-corrected chi connectivity index (χ1v) is 12.6. The molecule has 0 aliphatic rings. The van der Waals surface area contributed by atoms with E-state index in [0.29, 0.717) is 6.61 Å². The van der Waals surface area contributed by atoms with Gasteiger partial charge in [-0.2, -0.15) is 0 Å². The third-order valence-corrected chi connectivity index (χ3v) is 6.71. The Balaban J connectivity index is 3.13. The maximum Gasteiger partial charge on any atom is 0.137 e. The number of hydrogen-bond donors (Lipinski definition) is 0. The Morgan fingerprint density at radius 1 is 0.680 bits per heavy atom. The van der Waals surface area contributed by atoms with Crippen LogP contribution in [-0.4, -0.2) is 12.3 Å². The van der Waals surface area contributed by atoms with E-state index < -0.39 is 13.3 Å². The molecule has 0 aliphatic heterocycles. The molecule has 1 unspecified atom stereocenters. The molecule has 0 amide bonds. The molecule has 0 aliphatic carbocycles. The molecule has 0 spiro atoms. The van der Waals surface area contributed by atoms with Crippen LogP contribution in [0.25, 0.3) is 0 Å². The van der Waals surface area contributed by atoms with Gasteiger partial charge in [-0.15, -0.1) is 0 Å². The summed E-state index contributed by atoms with van der Waals surface area (Å²) in [5, 5.41) is 0. The van der Waals surface area contributed by atoms with Gasteiger partial charge in [0.2, 0.25) is 0 Å². The Kier molecular flexibility index (Phi) is 17.7. The summed E-state index contributed by atoms with van der Waals surface area (Å²) in [5.74, 6) is 0. The molecule has 152 valence electrons. The van der Waals surface area contributed by atoms with Crippen molar-refractivity contribution in [2.45, 2.75) is 129 Å². The minimum absolute atomic E-state index is 0.359. The van der Waals surface area contributed by atoms with Crippen molar-refractivity contribution in [2.75, 3.05) is 6.61 Å². The van der Waals surface area contributed by atoms with Crippen molar-refractivity contribution in [2.24, 2.45) is 0 Å². The third-order valence-electron chi connectivity index (χ3n) is 4.90. The Hall–Kier alpha value is 0.150. The van der Waals surface area contributed by atoms with Gasteiger partial charge in [0, 0.05) is 5.66 Å². The van der Waals surface area contributed by atoms with Crippen molar-refractivity contribution in [1.82, 2.24) is 0 Å². The first-order chi connectivity index (χ1) is 12.0. The molecule has 0 bridgehead atoms. The molecule has 0 radical (unpaired) electrons. The summed E-state index contributed by atoms with van der Waals surface area (Å²) in [6.07, 6.45) is 21.2. The van der Waals surface area contributed by atoms with E-state index in [0.717, 1.165) is 12.8 Å². The van der Waals surface area contributed by atoms with Gasteiger partial charge >= 0.3 is 0 Å². The van der Waals surface area contributed by atoms with Crippen molar-refractivity contribution >= 4 is 7.60 Å². The highest BCUT2D eigenvalue weighted by Gasteiger charge is 2.12. The van der Waals surface area contributed by atoms with Crippen LogP contribution in [0.5, 0.6) is 0 Å². The van der Waals surface area contributed by atoms with E-state index in [9.17, 15) is 9.46 Å². The minimum atomic E-state index is -3.60. The van der Waals surface area contributed by atoms with Gasteiger partial charge in [0.25, 0.3) is 0 Å². The van der Waals surface area contributed by atoms with E-state index in [1.54, 1.807) is 13.8 Å². The zero-order valence-corrected chi connectivity index (χ0v) is 18.2. The van der Waals surface area contributed by atoms with Gasteiger partial charge in [-0.25, -0.2) is 0 Å². The molecule has 0 aromatic rings. The van der Waals surface area contributed by atoms with Gasteiger partial charge in [-0.3, -0.25) is 0 Å². The maximum atomic E-state index is 11.5. The standard InChI is InChI=1S/C21H45O3P/c1-4-5-6-7-8-9-10-11-12-13-14-15-16-17-18-19-20-24-25(22,23)21(2)3/h21H,4-20H2,1-3H3,(H,22,23)/p-1. The van der Waals surface area contributed by atoms with Crippen LogP contribution in [0.15, 0.2) is 0 Å². The zero-order valence-electron chi connectivity index (χ0n) is 17.3. The fraction of sp³-hybridized carbons (Fsp3) is 1.00. The van der Waals surface area contributed by atoms with Gasteiger partial charge in [0.15, 0.2) is 0 Å². The van der Waals surface area contributed by atoms with E-state index >= 15 is 0 Å². The average molecular weight is 376 g/mol. The summed E-state index contributed by atoms with van der Waals surface area (Å²) in [4.78, 5) is 11.5. The fourth-order valence-electron chi connectivity index (χ4n) is 2.99. The highest BCUT2D eigenvalue weighted by Crippen LogP contribution is 2.42. The summed E-state index contributed by atoms with van der Waals surface area (Å²) in [6.45, 7) is 5.97. The first kappa shape index (κ1) is 25.1. The monoisotopic (exact) mass is 375 g/mol. The van der Waals surface area contributed by atoms with Crippen molar-refractivity contribution in [3.8, 4) is 0 Å². The van der Waals surface area contributed by atoms with Crippen LogP contribution >= 0.6 is 7.60 Å². The van der Waals surface area contributed by atoms with Crippen molar-refractivity contribution < 1.29 is 14.0 Å². The van der Waals surface area contributed by atoms with Crippen molar-refractivity contribution in [3.05, 3.63) is 0 Å². The lowest BCUT2D eigenvalue weighted by Crippen LogP contribution is -2.14. The molecule has 0 aromatic carbocycles. The second kappa shape index (κ2) is 17.6.